The van der Waals surface area contributed by atoms with Crippen molar-refractivity contribution >= 4 is 11.8 Å². The zero-order valence-corrected chi connectivity index (χ0v) is 14.5. The van der Waals surface area contributed by atoms with Gasteiger partial charge in [-0.1, -0.05) is 30.3 Å². The third kappa shape index (κ3) is 4.11. The molecule has 0 heterocycles. The van der Waals surface area contributed by atoms with Gasteiger partial charge in [-0.2, -0.15) is 0 Å². The van der Waals surface area contributed by atoms with E-state index in [4.69, 9.17) is 4.74 Å². The number of ketones is 1. The van der Waals surface area contributed by atoms with Crippen LogP contribution in [0, 0.1) is 24.4 Å². The number of carbonyl (C=O) groups is 2. The first kappa shape index (κ1) is 19.4. The van der Waals surface area contributed by atoms with Crippen molar-refractivity contribution in [1.82, 2.24) is 0 Å². The van der Waals surface area contributed by atoms with E-state index >= 15 is 0 Å². The summed E-state index contributed by atoms with van der Waals surface area (Å²) in [5.41, 5.74) is -0.359. The molecule has 3 nitrogen and oxygen atoms in total. The molecule has 28 heavy (non-hydrogen) atoms. The summed E-state index contributed by atoms with van der Waals surface area (Å²) in [4.78, 5) is 24.0. The molecule has 141 valence electrons. The Hall–Kier alpha value is -3.41. The van der Waals surface area contributed by atoms with Gasteiger partial charge in [-0.15, -0.1) is 0 Å². The van der Waals surface area contributed by atoms with E-state index in [0.717, 1.165) is 18.2 Å². The molecule has 0 spiro atoms. The Morgan fingerprint density at radius 2 is 1.29 bits per heavy atom. The number of hydrogen-bond acceptors (Lipinski definition) is 3. The monoisotopic (exact) mass is 383 g/mol. The molecule has 0 aliphatic carbocycles. The van der Waals surface area contributed by atoms with Gasteiger partial charge >= 0.3 is 5.97 Å². The Morgan fingerprint density at radius 3 is 1.79 bits per heavy atom. The van der Waals surface area contributed by atoms with Gasteiger partial charge < -0.3 is 4.74 Å². The van der Waals surface area contributed by atoms with Crippen LogP contribution in [-0.2, 0) is 4.74 Å². The van der Waals surface area contributed by atoms with Gasteiger partial charge in [0.05, 0.1) is 11.1 Å². The Kier molecular flexibility index (Phi) is 5.59. The highest BCUT2D eigenvalue weighted by Crippen LogP contribution is 2.29. The first-order valence-corrected chi connectivity index (χ1v) is 8.23. The van der Waals surface area contributed by atoms with Gasteiger partial charge in [0.1, 0.15) is 17.5 Å². The number of carbonyl (C=O) groups excluding carboxylic acids is 2. The zero-order chi connectivity index (χ0) is 20.3. The van der Waals surface area contributed by atoms with E-state index in [0.29, 0.717) is 0 Å². The number of halogens is 3. The summed E-state index contributed by atoms with van der Waals surface area (Å²) in [7, 11) is 0. The van der Waals surface area contributed by atoms with Crippen molar-refractivity contribution in [1.29, 1.82) is 0 Å². The molecule has 0 N–H and O–H groups in total. The van der Waals surface area contributed by atoms with Crippen molar-refractivity contribution in [2.45, 2.75) is 6.10 Å². The average molecular weight is 383 g/mol. The van der Waals surface area contributed by atoms with E-state index in [-0.39, 0.29) is 16.7 Å². The number of hydrogen-bond donors (Lipinski definition) is 0. The van der Waals surface area contributed by atoms with Crippen molar-refractivity contribution in [2.24, 2.45) is 0 Å². The fraction of sp³-hybridized carbons (Fsp3) is 0.0455. The number of rotatable bonds is 5. The highest BCUT2D eigenvalue weighted by Gasteiger charge is 2.24. The van der Waals surface area contributed by atoms with E-state index in [1.807, 2.05) is 0 Å². The molecular formula is C22H14F3O3. The molecular weight excluding hydrogens is 369 g/mol. The van der Waals surface area contributed by atoms with Crippen LogP contribution in [0.5, 0.6) is 0 Å². The van der Waals surface area contributed by atoms with E-state index < -0.39 is 40.9 Å². The molecule has 0 atom stereocenters. The Labute approximate surface area is 159 Å². The van der Waals surface area contributed by atoms with Crippen LogP contribution in [0.15, 0.2) is 66.7 Å². The maximum Gasteiger partial charge on any atom is 0.342 e. The Morgan fingerprint density at radius 1 is 0.786 bits per heavy atom. The molecule has 3 aromatic rings. The Bertz CT molecular complexity index is 1000. The summed E-state index contributed by atoms with van der Waals surface area (Å²) in [5.74, 6) is -4.10. The maximum atomic E-state index is 14.5. The topological polar surface area (TPSA) is 43.4 Å². The number of benzene rings is 3. The zero-order valence-electron chi connectivity index (χ0n) is 14.5. The summed E-state index contributed by atoms with van der Waals surface area (Å²) < 4.78 is 47.2. The molecule has 0 unspecified atom stereocenters. The summed E-state index contributed by atoms with van der Waals surface area (Å²) in [6.07, 6.45) is -1.18. The van der Waals surface area contributed by atoms with Gasteiger partial charge in [-0.05, 0) is 47.5 Å². The molecule has 0 aromatic heterocycles. The quantitative estimate of drug-likeness (QED) is 0.457. The van der Waals surface area contributed by atoms with Crippen LogP contribution in [0.4, 0.5) is 13.2 Å². The molecule has 0 saturated carbocycles. The molecule has 6 heteroatoms. The summed E-state index contributed by atoms with van der Waals surface area (Å²) in [6.45, 7) is 3.13. The molecule has 0 saturated heterocycles. The van der Waals surface area contributed by atoms with Gasteiger partial charge in [-0.3, -0.25) is 4.79 Å². The summed E-state index contributed by atoms with van der Waals surface area (Å²) in [6, 6.07) is 14.2. The van der Waals surface area contributed by atoms with Crippen LogP contribution in [0.1, 0.15) is 37.9 Å². The third-order valence-electron chi connectivity index (χ3n) is 4.05. The minimum atomic E-state index is -1.18. The molecule has 0 bridgehead atoms. The normalized spacial score (nSPS) is 10.8. The predicted molar refractivity (Wildman–Crippen MR) is 96.1 cm³/mol. The van der Waals surface area contributed by atoms with Crippen LogP contribution in [0.3, 0.4) is 0 Å². The van der Waals surface area contributed by atoms with Crippen LogP contribution < -0.4 is 0 Å². The maximum absolute atomic E-state index is 14.5. The van der Waals surface area contributed by atoms with Crippen LogP contribution in [0.25, 0.3) is 0 Å². The lowest BCUT2D eigenvalue weighted by molar-refractivity contribution is 0.0371. The first-order chi connectivity index (χ1) is 13.4. The number of Topliss-reactive ketones (excluding diaryl/α,β-unsaturated/α-hetero) is 1. The van der Waals surface area contributed by atoms with Gasteiger partial charge in [0, 0.05) is 6.92 Å². The first-order valence-electron chi connectivity index (χ1n) is 8.23. The van der Waals surface area contributed by atoms with Crippen molar-refractivity contribution in [3.05, 3.63) is 113 Å². The second-order valence-electron chi connectivity index (χ2n) is 5.99. The second-order valence-corrected chi connectivity index (χ2v) is 5.99. The fourth-order valence-electron chi connectivity index (χ4n) is 2.74. The van der Waals surface area contributed by atoms with Gasteiger partial charge in [0.15, 0.2) is 11.9 Å². The molecule has 0 amide bonds. The number of esters is 1. The standard InChI is InChI=1S/C22H14F3O3/c1-13(26)18-9-4-10-19(20(18)25)22(27)28-21(14-5-2-7-16(23)11-14)15-6-3-8-17(24)12-15/h2-12,21H,1H2. The summed E-state index contributed by atoms with van der Waals surface area (Å²) in [5, 5.41) is 0. The van der Waals surface area contributed by atoms with Crippen molar-refractivity contribution < 1.29 is 27.5 Å². The Balaban J connectivity index is 2.02. The lowest BCUT2D eigenvalue weighted by atomic mass is 10.0. The number of ether oxygens (including phenoxy) is 1. The molecule has 0 aliphatic rings. The van der Waals surface area contributed by atoms with E-state index in [1.54, 1.807) is 0 Å². The van der Waals surface area contributed by atoms with Crippen molar-refractivity contribution in [3.8, 4) is 0 Å². The third-order valence-corrected chi connectivity index (χ3v) is 4.05. The van der Waals surface area contributed by atoms with Crippen LogP contribution in [0.2, 0.25) is 0 Å². The van der Waals surface area contributed by atoms with Crippen LogP contribution in [-0.4, -0.2) is 11.8 Å². The predicted octanol–water partition coefficient (Wildman–Crippen LogP) is 5.07. The van der Waals surface area contributed by atoms with E-state index in [1.165, 1.54) is 48.5 Å². The molecule has 1 radical (unpaired) electrons. The lowest BCUT2D eigenvalue weighted by Gasteiger charge is -2.19. The fourth-order valence-corrected chi connectivity index (χ4v) is 2.74. The molecule has 3 rings (SSSR count). The van der Waals surface area contributed by atoms with Gasteiger partial charge in [0.2, 0.25) is 0 Å². The molecule has 3 aromatic carbocycles. The van der Waals surface area contributed by atoms with Gasteiger partial charge in [-0.25, -0.2) is 18.0 Å². The SMILES string of the molecule is [CH2]C(=O)c1cccc(C(=O)OC(c2cccc(F)c2)c2cccc(F)c2)c1F. The van der Waals surface area contributed by atoms with Gasteiger partial charge in [0.25, 0.3) is 0 Å². The van der Waals surface area contributed by atoms with Crippen LogP contribution >= 0.6 is 0 Å². The second kappa shape index (κ2) is 8.08. The smallest absolute Gasteiger partial charge is 0.342 e. The van der Waals surface area contributed by atoms with Crippen molar-refractivity contribution in [2.75, 3.05) is 0 Å². The highest BCUT2D eigenvalue weighted by molar-refractivity contribution is 6.02. The average Bonchev–Trinajstić information content (AvgIpc) is 2.65. The largest absolute Gasteiger partial charge is 0.449 e. The molecule has 0 aliphatic heterocycles. The van der Waals surface area contributed by atoms with E-state index in [9.17, 15) is 22.8 Å². The van der Waals surface area contributed by atoms with Crippen molar-refractivity contribution in [3.63, 3.8) is 0 Å². The van der Waals surface area contributed by atoms with E-state index in [2.05, 4.69) is 6.92 Å². The molecule has 0 fully saturated rings. The lowest BCUT2D eigenvalue weighted by Crippen LogP contribution is -2.16. The minimum Gasteiger partial charge on any atom is -0.449 e. The summed E-state index contributed by atoms with van der Waals surface area (Å²) >= 11 is 0. The minimum absolute atomic E-state index is 0.240. The highest BCUT2D eigenvalue weighted by atomic mass is 19.1.